The lowest BCUT2D eigenvalue weighted by Crippen LogP contribution is -1.92. The van der Waals surface area contributed by atoms with Gasteiger partial charge >= 0.3 is 0 Å². The van der Waals surface area contributed by atoms with Crippen molar-refractivity contribution in [2.24, 2.45) is 0 Å². The maximum Gasteiger partial charge on any atom is 0.0462 e. The Morgan fingerprint density at radius 2 is 1.00 bits per heavy atom. The SMILES string of the molecule is Cc1cc2c(C)c3ccc[nH]c3cc2c1Cc1c(C)cc2c(C)c3ccc[nH]c3cc12. The summed E-state index contributed by atoms with van der Waals surface area (Å²) in [5, 5.41) is 8.12. The first kappa shape index (κ1) is 18.3. The van der Waals surface area contributed by atoms with Gasteiger partial charge in [-0.1, -0.05) is 24.3 Å². The van der Waals surface area contributed by atoms with Gasteiger partial charge in [0.25, 0.3) is 0 Å². The van der Waals surface area contributed by atoms with Gasteiger partial charge in [0.15, 0.2) is 0 Å². The molecule has 6 rings (SSSR count). The molecule has 2 heteroatoms. The molecule has 2 heterocycles. The highest BCUT2D eigenvalue weighted by molar-refractivity contribution is 6.06. The van der Waals surface area contributed by atoms with E-state index in [1.165, 1.54) is 76.7 Å². The standard InChI is InChI=1S/C29H26N2/c1-16-11-24-18(3)20-7-5-9-30-28(20)14-26(24)22(16)13-23-17(2)12-25-19(4)21-8-6-10-31-29(21)15-27(23)25/h5-12,14-15,30-31H,13H2,1-4H3. The summed E-state index contributed by atoms with van der Waals surface area (Å²) in [5.41, 5.74) is 10.8. The van der Waals surface area contributed by atoms with Crippen LogP contribution < -0.4 is 0 Å². The summed E-state index contributed by atoms with van der Waals surface area (Å²) < 4.78 is 0. The normalized spacial score (nSPS) is 12.0. The van der Waals surface area contributed by atoms with Crippen LogP contribution in [0.3, 0.4) is 0 Å². The number of hydrogen-bond donors (Lipinski definition) is 2. The number of aromatic amines is 2. The number of benzene rings is 2. The molecule has 0 fully saturated rings. The summed E-state index contributed by atoms with van der Waals surface area (Å²) in [6.45, 7) is 9.02. The van der Waals surface area contributed by atoms with Crippen molar-refractivity contribution in [1.29, 1.82) is 0 Å². The molecular weight excluding hydrogens is 376 g/mol. The molecule has 152 valence electrons. The van der Waals surface area contributed by atoms with E-state index in [2.05, 4.69) is 86.2 Å². The minimum atomic E-state index is 0.959. The van der Waals surface area contributed by atoms with Crippen molar-refractivity contribution in [3.8, 4) is 0 Å². The molecule has 0 amide bonds. The van der Waals surface area contributed by atoms with Crippen molar-refractivity contribution < 1.29 is 0 Å². The third-order valence-electron chi connectivity index (χ3n) is 7.23. The molecule has 0 spiro atoms. The zero-order chi connectivity index (χ0) is 21.3. The molecule has 2 aromatic heterocycles. The van der Waals surface area contributed by atoms with E-state index in [0.29, 0.717) is 0 Å². The lowest BCUT2D eigenvalue weighted by Gasteiger charge is -2.09. The molecule has 0 saturated heterocycles. The highest BCUT2D eigenvalue weighted by Crippen LogP contribution is 2.38. The van der Waals surface area contributed by atoms with E-state index < -0.39 is 0 Å². The molecule has 0 saturated carbocycles. The van der Waals surface area contributed by atoms with Crippen molar-refractivity contribution in [1.82, 2.24) is 9.97 Å². The molecule has 2 N–H and O–H groups in total. The molecule has 4 aromatic carbocycles. The molecule has 0 aliphatic rings. The average Bonchev–Trinajstić information content (AvgIpc) is 3.26. The number of fused-ring (bicyclic) bond motifs is 4. The molecular formula is C29H26N2. The molecule has 31 heavy (non-hydrogen) atoms. The van der Waals surface area contributed by atoms with Gasteiger partial charge in [-0.25, -0.2) is 0 Å². The van der Waals surface area contributed by atoms with Gasteiger partial charge in [-0.2, -0.15) is 0 Å². The summed E-state index contributed by atoms with van der Waals surface area (Å²) in [7, 11) is 0. The highest BCUT2D eigenvalue weighted by Gasteiger charge is 2.17. The predicted molar refractivity (Wildman–Crippen MR) is 133 cm³/mol. The maximum atomic E-state index is 3.44. The third-order valence-corrected chi connectivity index (χ3v) is 7.23. The Bertz CT molecular complexity index is 1520. The predicted octanol–water partition coefficient (Wildman–Crippen LogP) is 7.78. The van der Waals surface area contributed by atoms with Gasteiger partial charge in [0.2, 0.25) is 0 Å². The first-order valence-electron chi connectivity index (χ1n) is 11.0. The number of pyridine rings is 2. The van der Waals surface area contributed by atoms with E-state index >= 15 is 0 Å². The molecule has 0 aliphatic heterocycles. The molecule has 0 aliphatic carbocycles. The molecule has 0 unspecified atom stereocenters. The van der Waals surface area contributed by atoms with Crippen LogP contribution in [0.5, 0.6) is 0 Å². The van der Waals surface area contributed by atoms with Crippen molar-refractivity contribution in [2.45, 2.75) is 34.1 Å². The smallest absolute Gasteiger partial charge is 0.0462 e. The fourth-order valence-electron chi connectivity index (χ4n) is 5.48. The Balaban J connectivity index is 1.60. The zero-order valence-corrected chi connectivity index (χ0v) is 18.5. The number of aromatic nitrogens is 2. The van der Waals surface area contributed by atoms with Crippen LogP contribution in [-0.4, -0.2) is 9.97 Å². The van der Waals surface area contributed by atoms with Crippen molar-refractivity contribution in [3.63, 3.8) is 0 Å². The van der Waals surface area contributed by atoms with Crippen LogP contribution in [0.25, 0.3) is 43.4 Å². The first-order chi connectivity index (χ1) is 15.0. The van der Waals surface area contributed by atoms with Gasteiger partial charge in [-0.3, -0.25) is 0 Å². The van der Waals surface area contributed by atoms with Gasteiger partial charge in [-0.15, -0.1) is 0 Å². The van der Waals surface area contributed by atoms with Crippen LogP contribution in [0, 0.1) is 27.7 Å². The highest BCUT2D eigenvalue weighted by atomic mass is 14.6. The number of aryl methyl sites for hydroxylation is 4. The van der Waals surface area contributed by atoms with Crippen molar-refractivity contribution in [2.75, 3.05) is 0 Å². The van der Waals surface area contributed by atoms with E-state index in [-0.39, 0.29) is 0 Å². The molecule has 6 aromatic rings. The van der Waals surface area contributed by atoms with Gasteiger partial charge in [-0.05, 0) is 113 Å². The van der Waals surface area contributed by atoms with Gasteiger partial charge in [0.05, 0.1) is 0 Å². The number of hydrogen-bond acceptors (Lipinski definition) is 0. The van der Waals surface area contributed by atoms with Crippen LogP contribution >= 0.6 is 0 Å². The number of nitrogens with one attached hydrogen (secondary N) is 2. The number of H-pyrrole nitrogens is 2. The average molecular weight is 403 g/mol. The molecule has 2 nitrogen and oxygen atoms in total. The van der Waals surface area contributed by atoms with Gasteiger partial charge < -0.3 is 9.97 Å². The second kappa shape index (κ2) is 6.49. The zero-order valence-electron chi connectivity index (χ0n) is 18.5. The Morgan fingerprint density at radius 3 is 1.45 bits per heavy atom. The summed E-state index contributed by atoms with van der Waals surface area (Å²) >= 11 is 0. The lowest BCUT2D eigenvalue weighted by atomic mass is 9.96. The van der Waals surface area contributed by atoms with E-state index in [1.807, 2.05) is 12.4 Å². The summed E-state index contributed by atoms with van der Waals surface area (Å²) in [4.78, 5) is 6.89. The van der Waals surface area contributed by atoms with E-state index in [4.69, 9.17) is 0 Å². The monoisotopic (exact) mass is 402 g/mol. The Labute approximate surface area is 181 Å². The minimum Gasteiger partial charge on any atom is -0.361 e. The first-order valence-corrected chi connectivity index (χ1v) is 11.0. The molecule has 0 bridgehead atoms. The Morgan fingerprint density at radius 1 is 0.548 bits per heavy atom. The second-order valence-electron chi connectivity index (χ2n) is 8.98. The largest absolute Gasteiger partial charge is 0.361 e. The Hall–Kier alpha value is -3.52. The van der Waals surface area contributed by atoms with Crippen molar-refractivity contribution >= 4 is 43.4 Å². The van der Waals surface area contributed by atoms with Crippen LogP contribution in [0.4, 0.5) is 0 Å². The molecule has 0 radical (unpaired) electrons. The third kappa shape index (κ3) is 2.58. The fourth-order valence-corrected chi connectivity index (χ4v) is 5.48. The summed E-state index contributed by atoms with van der Waals surface area (Å²) in [6.07, 6.45) is 4.99. The quantitative estimate of drug-likeness (QED) is 0.296. The van der Waals surface area contributed by atoms with Crippen LogP contribution in [0.1, 0.15) is 33.4 Å². The summed E-state index contributed by atoms with van der Waals surface area (Å²) in [6, 6.07) is 18.0. The van der Waals surface area contributed by atoms with E-state index in [1.54, 1.807) is 0 Å². The van der Waals surface area contributed by atoms with E-state index in [0.717, 1.165) is 6.42 Å². The van der Waals surface area contributed by atoms with Gasteiger partial charge in [0.1, 0.15) is 0 Å². The van der Waals surface area contributed by atoms with E-state index in [9.17, 15) is 0 Å². The maximum absolute atomic E-state index is 3.44. The lowest BCUT2D eigenvalue weighted by molar-refractivity contribution is 1.19. The van der Waals surface area contributed by atoms with Crippen molar-refractivity contribution in [3.05, 3.63) is 94.3 Å². The van der Waals surface area contributed by atoms with Crippen LogP contribution in [0.15, 0.2) is 60.9 Å². The topological polar surface area (TPSA) is 31.6 Å². The Kier molecular flexibility index (Phi) is 3.82. The second-order valence-corrected chi connectivity index (χ2v) is 8.98. The van der Waals surface area contributed by atoms with Crippen LogP contribution in [-0.2, 0) is 6.42 Å². The molecule has 0 atom stereocenters. The fraction of sp³-hybridized carbons (Fsp3) is 0.172. The van der Waals surface area contributed by atoms with Crippen LogP contribution in [0.2, 0.25) is 0 Å². The minimum absolute atomic E-state index is 0.959. The number of rotatable bonds is 2. The summed E-state index contributed by atoms with van der Waals surface area (Å²) in [5.74, 6) is 0. The van der Waals surface area contributed by atoms with Gasteiger partial charge in [0, 0.05) is 34.2 Å².